The van der Waals surface area contributed by atoms with Crippen LogP contribution in [0, 0.1) is 0 Å². The lowest BCUT2D eigenvalue weighted by Crippen LogP contribution is -1.90. The van der Waals surface area contributed by atoms with Gasteiger partial charge in [-0.25, -0.2) is 0 Å². The van der Waals surface area contributed by atoms with Crippen LogP contribution in [0.25, 0.3) is 0 Å². The highest BCUT2D eigenvalue weighted by Crippen LogP contribution is 2.22. The lowest BCUT2D eigenvalue weighted by Gasteiger charge is -2.07. The quantitative estimate of drug-likeness (QED) is 0.855. The van der Waals surface area contributed by atoms with E-state index < -0.39 is 6.10 Å². The molecule has 0 bridgehead atoms. The predicted molar refractivity (Wildman–Crippen MR) is 61.4 cm³/mol. The average Bonchev–Trinajstić information content (AvgIpc) is 2.31. The van der Waals surface area contributed by atoms with Crippen molar-refractivity contribution in [3.05, 3.63) is 54.4 Å². The Balaban J connectivity index is 2.11. The molecule has 1 aromatic carbocycles. The Kier molecular flexibility index (Phi) is 3.17. The van der Waals surface area contributed by atoms with Gasteiger partial charge >= 0.3 is 0 Å². The van der Waals surface area contributed by atoms with Gasteiger partial charge in [0.2, 0.25) is 0 Å². The number of ether oxygens (including phenoxy) is 1. The maximum absolute atomic E-state index is 9.35. The molecule has 82 valence electrons. The number of benzene rings is 1. The molecule has 0 saturated heterocycles. The van der Waals surface area contributed by atoms with Crippen LogP contribution < -0.4 is 4.74 Å². The number of aromatic nitrogens is 1. The van der Waals surface area contributed by atoms with Crippen molar-refractivity contribution in [3.8, 4) is 11.5 Å². The van der Waals surface area contributed by atoms with E-state index in [1.54, 1.807) is 19.3 Å². The number of pyridine rings is 1. The number of hydrogen-bond donors (Lipinski definition) is 1. The van der Waals surface area contributed by atoms with Gasteiger partial charge in [-0.05, 0) is 36.8 Å². The van der Waals surface area contributed by atoms with E-state index in [4.69, 9.17) is 4.74 Å². The zero-order valence-corrected chi connectivity index (χ0v) is 9.00. The van der Waals surface area contributed by atoms with E-state index in [2.05, 4.69) is 4.98 Å². The molecule has 0 saturated carbocycles. The lowest BCUT2D eigenvalue weighted by atomic mass is 10.1. The summed E-state index contributed by atoms with van der Waals surface area (Å²) in [7, 11) is 0. The van der Waals surface area contributed by atoms with Crippen molar-refractivity contribution < 1.29 is 9.84 Å². The molecule has 16 heavy (non-hydrogen) atoms. The van der Waals surface area contributed by atoms with Gasteiger partial charge < -0.3 is 9.84 Å². The summed E-state index contributed by atoms with van der Waals surface area (Å²) in [5, 5.41) is 9.35. The number of rotatable bonds is 3. The second-order valence-electron chi connectivity index (χ2n) is 3.54. The second-order valence-corrected chi connectivity index (χ2v) is 3.54. The molecule has 0 aliphatic rings. The molecule has 2 aromatic rings. The first-order chi connectivity index (χ1) is 7.75. The van der Waals surface area contributed by atoms with E-state index in [1.165, 1.54) is 0 Å². The largest absolute Gasteiger partial charge is 0.456 e. The minimum absolute atomic E-state index is 0.451. The standard InChI is InChI=1S/C13H13NO2/c1-10(15)11-4-6-12(7-5-11)16-13-3-2-8-14-9-13/h2-10,15H,1H3. The predicted octanol–water partition coefficient (Wildman–Crippen LogP) is 2.93. The first-order valence-corrected chi connectivity index (χ1v) is 5.11. The Hall–Kier alpha value is -1.87. The average molecular weight is 215 g/mol. The zero-order chi connectivity index (χ0) is 11.4. The monoisotopic (exact) mass is 215 g/mol. The molecular weight excluding hydrogens is 202 g/mol. The van der Waals surface area contributed by atoms with Crippen LogP contribution in [0.1, 0.15) is 18.6 Å². The molecule has 0 aliphatic heterocycles. The molecule has 1 atom stereocenters. The maximum atomic E-state index is 9.35. The Morgan fingerprint density at radius 3 is 2.44 bits per heavy atom. The zero-order valence-electron chi connectivity index (χ0n) is 9.00. The first kappa shape index (κ1) is 10.6. The third-order valence-corrected chi connectivity index (χ3v) is 2.23. The molecule has 2 rings (SSSR count). The molecule has 3 heteroatoms. The van der Waals surface area contributed by atoms with Crippen molar-refractivity contribution in [2.24, 2.45) is 0 Å². The van der Waals surface area contributed by atoms with Gasteiger partial charge in [-0.3, -0.25) is 4.98 Å². The molecule has 3 nitrogen and oxygen atoms in total. The van der Waals surface area contributed by atoms with Gasteiger partial charge in [-0.2, -0.15) is 0 Å². The number of aliphatic hydroxyl groups excluding tert-OH is 1. The Morgan fingerprint density at radius 1 is 1.12 bits per heavy atom. The van der Waals surface area contributed by atoms with Crippen LogP contribution in [-0.2, 0) is 0 Å². The van der Waals surface area contributed by atoms with E-state index in [-0.39, 0.29) is 0 Å². The molecule has 0 fully saturated rings. The maximum Gasteiger partial charge on any atom is 0.145 e. The highest BCUT2D eigenvalue weighted by Gasteiger charge is 2.01. The van der Waals surface area contributed by atoms with E-state index in [0.717, 1.165) is 11.3 Å². The van der Waals surface area contributed by atoms with Gasteiger partial charge in [0.25, 0.3) is 0 Å². The topological polar surface area (TPSA) is 42.4 Å². The van der Waals surface area contributed by atoms with Crippen molar-refractivity contribution in [1.82, 2.24) is 4.98 Å². The summed E-state index contributed by atoms with van der Waals surface area (Å²) >= 11 is 0. The molecule has 1 unspecified atom stereocenters. The summed E-state index contributed by atoms with van der Waals surface area (Å²) in [5.41, 5.74) is 0.874. The summed E-state index contributed by atoms with van der Waals surface area (Å²) in [5.74, 6) is 1.43. The van der Waals surface area contributed by atoms with Gasteiger partial charge in [0.05, 0.1) is 12.3 Å². The summed E-state index contributed by atoms with van der Waals surface area (Å²) in [4.78, 5) is 3.96. The molecule has 0 radical (unpaired) electrons. The van der Waals surface area contributed by atoms with Gasteiger partial charge in [0.1, 0.15) is 11.5 Å². The fourth-order valence-corrected chi connectivity index (χ4v) is 1.36. The van der Waals surface area contributed by atoms with Gasteiger partial charge in [-0.1, -0.05) is 12.1 Å². The Morgan fingerprint density at radius 2 is 1.88 bits per heavy atom. The minimum Gasteiger partial charge on any atom is -0.456 e. The molecule has 1 aromatic heterocycles. The van der Waals surface area contributed by atoms with Crippen LogP contribution in [0.4, 0.5) is 0 Å². The van der Waals surface area contributed by atoms with Crippen LogP contribution in [0.15, 0.2) is 48.8 Å². The molecule has 0 aliphatic carbocycles. The third kappa shape index (κ3) is 2.58. The third-order valence-electron chi connectivity index (χ3n) is 2.23. The van der Waals surface area contributed by atoms with Crippen LogP contribution in [0.3, 0.4) is 0 Å². The van der Waals surface area contributed by atoms with E-state index in [0.29, 0.717) is 5.75 Å². The normalized spacial score (nSPS) is 12.1. The van der Waals surface area contributed by atoms with Gasteiger partial charge in [0.15, 0.2) is 0 Å². The molecule has 1 heterocycles. The van der Waals surface area contributed by atoms with Crippen LogP contribution >= 0.6 is 0 Å². The summed E-state index contributed by atoms with van der Waals surface area (Å²) in [6.07, 6.45) is 2.90. The number of nitrogens with zero attached hydrogens (tertiary/aromatic N) is 1. The highest BCUT2D eigenvalue weighted by atomic mass is 16.5. The highest BCUT2D eigenvalue weighted by molar-refractivity contribution is 5.32. The molecule has 1 N–H and O–H groups in total. The number of aliphatic hydroxyl groups is 1. The van der Waals surface area contributed by atoms with Crippen molar-refractivity contribution >= 4 is 0 Å². The van der Waals surface area contributed by atoms with Crippen molar-refractivity contribution in [2.45, 2.75) is 13.0 Å². The fourth-order valence-electron chi connectivity index (χ4n) is 1.36. The Bertz CT molecular complexity index is 437. The van der Waals surface area contributed by atoms with Crippen LogP contribution in [0.5, 0.6) is 11.5 Å². The molecule has 0 amide bonds. The fraction of sp³-hybridized carbons (Fsp3) is 0.154. The van der Waals surface area contributed by atoms with E-state index >= 15 is 0 Å². The summed E-state index contributed by atoms with van der Waals surface area (Å²) in [6.45, 7) is 1.73. The summed E-state index contributed by atoms with van der Waals surface area (Å²) in [6, 6.07) is 11.0. The molecule has 0 spiro atoms. The second kappa shape index (κ2) is 4.77. The van der Waals surface area contributed by atoms with Crippen LogP contribution in [-0.4, -0.2) is 10.1 Å². The Labute approximate surface area is 94.3 Å². The first-order valence-electron chi connectivity index (χ1n) is 5.11. The van der Waals surface area contributed by atoms with Crippen LogP contribution in [0.2, 0.25) is 0 Å². The van der Waals surface area contributed by atoms with E-state index in [1.807, 2.05) is 36.4 Å². The smallest absolute Gasteiger partial charge is 0.145 e. The minimum atomic E-state index is -0.451. The lowest BCUT2D eigenvalue weighted by molar-refractivity contribution is 0.199. The SMILES string of the molecule is CC(O)c1ccc(Oc2cccnc2)cc1. The van der Waals surface area contributed by atoms with Crippen molar-refractivity contribution in [2.75, 3.05) is 0 Å². The number of hydrogen-bond acceptors (Lipinski definition) is 3. The van der Waals surface area contributed by atoms with Gasteiger partial charge in [-0.15, -0.1) is 0 Å². The van der Waals surface area contributed by atoms with Gasteiger partial charge in [0, 0.05) is 6.20 Å². The molecular formula is C13H13NO2. The van der Waals surface area contributed by atoms with Crippen molar-refractivity contribution in [3.63, 3.8) is 0 Å². The van der Waals surface area contributed by atoms with Crippen molar-refractivity contribution in [1.29, 1.82) is 0 Å². The van der Waals surface area contributed by atoms with E-state index in [9.17, 15) is 5.11 Å². The summed E-state index contributed by atoms with van der Waals surface area (Å²) < 4.78 is 5.57.